The van der Waals surface area contributed by atoms with Gasteiger partial charge in [-0.25, -0.2) is 0 Å². The highest BCUT2D eigenvalue weighted by molar-refractivity contribution is 6.02. The van der Waals surface area contributed by atoms with E-state index in [1.165, 1.54) is 44.5 Å². The molecule has 0 atom stereocenters. The van der Waals surface area contributed by atoms with Crippen LogP contribution in [0.1, 0.15) is 0 Å². The van der Waals surface area contributed by atoms with Crippen LogP contribution >= 0.6 is 0 Å². The Hall–Kier alpha value is -8.46. The molecule has 2 nitrogen and oxygen atoms in total. The van der Waals surface area contributed by atoms with E-state index in [0.717, 1.165) is 61.6 Å². The van der Waals surface area contributed by atoms with Gasteiger partial charge in [0.25, 0.3) is 0 Å². The first kappa shape index (κ1) is 38.5. The number of anilines is 3. The predicted molar refractivity (Wildman–Crippen MR) is 269 cm³/mol. The summed E-state index contributed by atoms with van der Waals surface area (Å²) in [5.41, 5.74) is 19.3. The minimum atomic E-state index is 0.878. The number of hydrogen-bond acceptors (Lipinski definition) is 2. The molecule has 0 amide bonds. The smallest absolute Gasteiger partial charge is 0.143 e. The summed E-state index contributed by atoms with van der Waals surface area (Å²) < 4.78 is 6.59. The van der Waals surface area contributed by atoms with Crippen LogP contribution in [0.15, 0.2) is 265 Å². The quantitative estimate of drug-likeness (QED) is 0.137. The predicted octanol–water partition coefficient (Wildman–Crippen LogP) is 17.6. The molecule has 10 aromatic carbocycles. The Kier molecular flexibility index (Phi) is 10.3. The van der Waals surface area contributed by atoms with Crippen molar-refractivity contribution >= 4 is 28.0 Å². The Morgan fingerprint density at radius 2 is 0.547 bits per heavy atom. The minimum Gasteiger partial charge on any atom is -0.455 e. The first-order valence-electron chi connectivity index (χ1n) is 21.8. The number of rotatable bonds is 10. The molecule has 0 aliphatic rings. The van der Waals surface area contributed by atoms with E-state index >= 15 is 0 Å². The monoisotopic (exact) mass is 817 g/mol. The lowest BCUT2D eigenvalue weighted by Crippen LogP contribution is -2.09. The second-order valence-corrected chi connectivity index (χ2v) is 16.1. The summed E-state index contributed by atoms with van der Waals surface area (Å²) in [4.78, 5) is 2.34. The lowest BCUT2D eigenvalue weighted by Gasteiger charge is -2.26. The van der Waals surface area contributed by atoms with E-state index in [-0.39, 0.29) is 0 Å². The van der Waals surface area contributed by atoms with Crippen LogP contribution in [0.5, 0.6) is 0 Å². The van der Waals surface area contributed by atoms with Gasteiger partial charge in [0.1, 0.15) is 11.3 Å². The van der Waals surface area contributed by atoms with Crippen molar-refractivity contribution in [2.75, 3.05) is 4.90 Å². The van der Waals surface area contributed by atoms with Crippen LogP contribution in [0.4, 0.5) is 17.1 Å². The number of para-hydroxylation sites is 1. The summed E-state index contributed by atoms with van der Waals surface area (Å²) in [7, 11) is 0. The number of nitrogens with zero attached hydrogens (tertiary/aromatic N) is 1. The molecule has 11 aromatic rings. The molecule has 0 radical (unpaired) electrons. The fraction of sp³-hybridized carbons (Fsp3) is 0. The van der Waals surface area contributed by atoms with E-state index in [1.807, 2.05) is 12.1 Å². The molecular weight excluding hydrogens is 775 g/mol. The maximum Gasteiger partial charge on any atom is 0.143 e. The Labute approximate surface area is 374 Å². The summed E-state index contributed by atoms with van der Waals surface area (Å²) in [5, 5.41) is 1.11. The van der Waals surface area contributed by atoms with Crippen molar-refractivity contribution in [3.63, 3.8) is 0 Å². The third-order valence-electron chi connectivity index (χ3n) is 12.1. The second-order valence-electron chi connectivity index (χ2n) is 16.1. The van der Waals surface area contributed by atoms with Crippen LogP contribution < -0.4 is 4.90 Å². The summed E-state index contributed by atoms with van der Waals surface area (Å²) in [6.07, 6.45) is 0. The van der Waals surface area contributed by atoms with Crippen LogP contribution in [0.25, 0.3) is 89.1 Å². The maximum absolute atomic E-state index is 6.59. The van der Waals surface area contributed by atoms with E-state index in [1.54, 1.807) is 0 Å². The molecule has 0 aliphatic carbocycles. The van der Waals surface area contributed by atoms with E-state index < -0.39 is 0 Å². The lowest BCUT2D eigenvalue weighted by atomic mass is 9.96. The zero-order valence-electron chi connectivity index (χ0n) is 35.2. The van der Waals surface area contributed by atoms with Gasteiger partial charge >= 0.3 is 0 Å². The van der Waals surface area contributed by atoms with Gasteiger partial charge in [0, 0.05) is 33.6 Å². The summed E-state index contributed by atoms with van der Waals surface area (Å²) in [6.45, 7) is 0. The first-order chi connectivity index (χ1) is 31.7. The molecule has 64 heavy (non-hydrogen) atoms. The third-order valence-corrected chi connectivity index (χ3v) is 12.1. The highest BCUT2D eigenvalue weighted by Gasteiger charge is 2.19. The largest absolute Gasteiger partial charge is 0.455 e. The second kappa shape index (κ2) is 17.1. The van der Waals surface area contributed by atoms with Gasteiger partial charge in [-0.05, 0) is 110 Å². The van der Waals surface area contributed by atoms with E-state index in [0.29, 0.717) is 0 Å². The molecule has 1 heterocycles. The normalized spacial score (nSPS) is 11.1. The van der Waals surface area contributed by atoms with Crippen molar-refractivity contribution in [3.8, 4) is 78.1 Å². The Bertz CT molecular complexity index is 3170. The molecule has 302 valence electrons. The average Bonchev–Trinajstić information content (AvgIpc) is 3.78. The standard InChI is InChI=1S/C62H43NO/c1-4-13-44(14-5-1)46-23-27-48(28-24-46)50-31-37-56(38-32-50)63(57-39-33-51(34-40-57)49-29-25-47(26-30-49)45-15-6-2-7-16-45)58-41-35-52(36-42-58)54-19-12-20-55(43-54)62-61(53-17-8-3-9-18-53)59-21-10-11-22-60(59)64-62/h1-43H. The Morgan fingerprint density at radius 1 is 0.234 bits per heavy atom. The highest BCUT2D eigenvalue weighted by Crippen LogP contribution is 2.43. The molecule has 0 bridgehead atoms. The highest BCUT2D eigenvalue weighted by atomic mass is 16.3. The SMILES string of the molecule is c1ccc(-c2ccc(-c3ccc(N(c4ccc(-c5ccc(-c6ccccc6)cc5)cc4)c4ccc(-c5cccc(-c6oc7ccccc7c6-c6ccccc6)c5)cc4)cc3)cc2)cc1. The van der Waals surface area contributed by atoms with E-state index in [4.69, 9.17) is 4.42 Å². The van der Waals surface area contributed by atoms with Crippen molar-refractivity contribution in [2.24, 2.45) is 0 Å². The van der Waals surface area contributed by atoms with Gasteiger partial charge in [-0.3, -0.25) is 0 Å². The molecule has 1 aromatic heterocycles. The molecular formula is C62H43NO. The molecule has 0 N–H and O–H groups in total. The van der Waals surface area contributed by atoms with Gasteiger partial charge in [-0.1, -0.05) is 212 Å². The number of benzene rings is 10. The Morgan fingerprint density at radius 3 is 0.984 bits per heavy atom. The fourth-order valence-corrected chi connectivity index (χ4v) is 8.81. The molecule has 0 saturated heterocycles. The van der Waals surface area contributed by atoms with E-state index in [9.17, 15) is 0 Å². The molecule has 0 unspecified atom stereocenters. The lowest BCUT2D eigenvalue weighted by molar-refractivity contribution is 0.632. The summed E-state index contributed by atoms with van der Waals surface area (Å²) in [6, 6.07) is 93.0. The van der Waals surface area contributed by atoms with Crippen LogP contribution in [0.3, 0.4) is 0 Å². The molecule has 2 heteroatoms. The van der Waals surface area contributed by atoms with Crippen LogP contribution in [-0.2, 0) is 0 Å². The minimum absolute atomic E-state index is 0.878. The molecule has 0 fully saturated rings. The number of fused-ring (bicyclic) bond motifs is 1. The fourth-order valence-electron chi connectivity index (χ4n) is 8.81. The van der Waals surface area contributed by atoms with Gasteiger partial charge in [0.2, 0.25) is 0 Å². The summed E-state index contributed by atoms with van der Waals surface area (Å²) >= 11 is 0. The molecule has 11 rings (SSSR count). The van der Waals surface area contributed by atoms with Gasteiger partial charge in [-0.15, -0.1) is 0 Å². The van der Waals surface area contributed by atoms with Gasteiger partial charge in [0.05, 0.1) is 0 Å². The van der Waals surface area contributed by atoms with Gasteiger partial charge < -0.3 is 9.32 Å². The van der Waals surface area contributed by atoms with Crippen LogP contribution in [0.2, 0.25) is 0 Å². The van der Waals surface area contributed by atoms with Crippen molar-refractivity contribution in [2.45, 2.75) is 0 Å². The van der Waals surface area contributed by atoms with Crippen molar-refractivity contribution in [1.29, 1.82) is 0 Å². The van der Waals surface area contributed by atoms with Gasteiger partial charge in [-0.2, -0.15) is 0 Å². The number of furan rings is 1. The van der Waals surface area contributed by atoms with Crippen molar-refractivity contribution < 1.29 is 4.42 Å². The third kappa shape index (κ3) is 7.70. The average molecular weight is 818 g/mol. The molecule has 0 spiro atoms. The van der Waals surface area contributed by atoms with E-state index in [2.05, 4.69) is 254 Å². The van der Waals surface area contributed by atoms with Crippen LogP contribution in [0, 0.1) is 0 Å². The Balaban J connectivity index is 0.924. The molecule has 0 saturated carbocycles. The first-order valence-corrected chi connectivity index (χ1v) is 21.8. The van der Waals surface area contributed by atoms with Crippen molar-refractivity contribution in [1.82, 2.24) is 0 Å². The maximum atomic E-state index is 6.59. The molecule has 0 aliphatic heterocycles. The zero-order chi connectivity index (χ0) is 42.7. The van der Waals surface area contributed by atoms with Gasteiger partial charge in [0.15, 0.2) is 0 Å². The van der Waals surface area contributed by atoms with Crippen LogP contribution in [-0.4, -0.2) is 0 Å². The number of hydrogen-bond donors (Lipinski definition) is 0. The zero-order valence-corrected chi connectivity index (χ0v) is 35.2. The summed E-state index contributed by atoms with van der Waals surface area (Å²) in [5.74, 6) is 0.878. The topological polar surface area (TPSA) is 16.4 Å². The van der Waals surface area contributed by atoms with Crippen molar-refractivity contribution in [3.05, 3.63) is 261 Å².